The van der Waals surface area contributed by atoms with Crippen molar-refractivity contribution in [1.29, 1.82) is 0 Å². The van der Waals surface area contributed by atoms with Gasteiger partial charge in [-0.15, -0.1) is 0 Å². The monoisotopic (exact) mass is 654 g/mol. The standard InChI is InChI=1S/C30H46N4O12/c1-22(35)20-45-17-15-44-14-11-32-27(37)21-46-18-16-43-13-10-31-26(36)8-7-25(30(41)42)33-29(40)24-5-3-23(4-6-24)19-34(2)12-9-28(38)39/h3-6,25H,7-21H2,1-2H3,(H,31,36)(H,32,37)(H,33,40)(H,38,39)(H,41,42). The first-order chi connectivity index (χ1) is 22.0. The number of carbonyl (C=O) groups excluding carboxylic acids is 4. The first-order valence-electron chi connectivity index (χ1n) is 14.8. The normalized spacial score (nSPS) is 11.5. The molecule has 0 aliphatic heterocycles. The molecule has 1 rings (SSSR count). The molecule has 1 aromatic rings. The second-order valence-corrected chi connectivity index (χ2v) is 10.2. The maximum Gasteiger partial charge on any atom is 0.326 e. The highest BCUT2D eigenvalue weighted by Crippen LogP contribution is 2.09. The molecule has 46 heavy (non-hydrogen) atoms. The molecule has 0 bridgehead atoms. The minimum absolute atomic E-state index is 0.0143. The van der Waals surface area contributed by atoms with Crippen LogP contribution in [0.25, 0.3) is 0 Å². The highest BCUT2D eigenvalue weighted by Gasteiger charge is 2.22. The maximum absolute atomic E-state index is 12.6. The van der Waals surface area contributed by atoms with Crippen LogP contribution in [0.15, 0.2) is 24.3 Å². The van der Waals surface area contributed by atoms with Gasteiger partial charge in [-0.05, 0) is 38.1 Å². The van der Waals surface area contributed by atoms with Crippen LogP contribution in [0.2, 0.25) is 0 Å². The number of hydrogen-bond donors (Lipinski definition) is 5. The van der Waals surface area contributed by atoms with Crippen LogP contribution in [0.3, 0.4) is 0 Å². The molecule has 0 heterocycles. The number of Topliss-reactive ketones (excluding diaryl/α,β-unsaturated/α-hetero) is 1. The van der Waals surface area contributed by atoms with Crippen molar-refractivity contribution in [2.24, 2.45) is 0 Å². The lowest BCUT2D eigenvalue weighted by atomic mass is 10.1. The van der Waals surface area contributed by atoms with Crippen molar-refractivity contribution in [3.05, 3.63) is 35.4 Å². The van der Waals surface area contributed by atoms with Gasteiger partial charge in [0.25, 0.3) is 5.91 Å². The van der Waals surface area contributed by atoms with E-state index in [-0.39, 0.29) is 76.1 Å². The molecular formula is C30H46N4O12. The zero-order valence-electron chi connectivity index (χ0n) is 26.4. The molecule has 1 atom stereocenters. The number of carboxylic acids is 2. The van der Waals surface area contributed by atoms with Crippen LogP contribution in [-0.4, -0.2) is 136 Å². The van der Waals surface area contributed by atoms with E-state index < -0.39 is 29.8 Å². The van der Waals surface area contributed by atoms with Crippen molar-refractivity contribution < 1.29 is 57.9 Å². The van der Waals surface area contributed by atoms with E-state index in [4.69, 9.17) is 24.1 Å². The molecule has 258 valence electrons. The van der Waals surface area contributed by atoms with Gasteiger partial charge in [-0.3, -0.25) is 24.0 Å². The minimum atomic E-state index is -1.27. The molecule has 16 heteroatoms. The summed E-state index contributed by atoms with van der Waals surface area (Å²) in [4.78, 5) is 71.3. The number of carboxylic acid groups (broad SMARTS) is 2. The third-order valence-corrected chi connectivity index (χ3v) is 6.06. The van der Waals surface area contributed by atoms with Gasteiger partial charge in [-0.1, -0.05) is 12.1 Å². The van der Waals surface area contributed by atoms with E-state index in [2.05, 4.69) is 16.0 Å². The van der Waals surface area contributed by atoms with E-state index in [0.29, 0.717) is 39.5 Å². The molecular weight excluding hydrogens is 608 g/mol. The number of nitrogens with one attached hydrogen (secondary N) is 3. The van der Waals surface area contributed by atoms with Gasteiger partial charge in [0.1, 0.15) is 19.3 Å². The van der Waals surface area contributed by atoms with Crippen molar-refractivity contribution in [2.45, 2.75) is 38.8 Å². The van der Waals surface area contributed by atoms with E-state index in [9.17, 15) is 33.9 Å². The molecule has 1 aromatic carbocycles. The Morgan fingerprint density at radius 2 is 1.33 bits per heavy atom. The van der Waals surface area contributed by atoms with Crippen molar-refractivity contribution in [3.63, 3.8) is 0 Å². The molecule has 1 unspecified atom stereocenters. The summed E-state index contributed by atoms with van der Waals surface area (Å²) < 4.78 is 20.9. The first-order valence-corrected chi connectivity index (χ1v) is 14.8. The van der Waals surface area contributed by atoms with Crippen LogP contribution < -0.4 is 16.0 Å². The average Bonchev–Trinajstić information content (AvgIpc) is 3.00. The Morgan fingerprint density at radius 1 is 0.761 bits per heavy atom. The molecule has 0 spiro atoms. The second-order valence-electron chi connectivity index (χ2n) is 10.2. The van der Waals surface area contributed by atoms with Crippen molar-refractivity contribution >= 4 is 35.4 Å². The number of carbonyl (C=O) groups is 6. The van der Waals surface area contributed by atoms with Crippen LogP contribution in [0, 0.1) is 0 Å². The van der Waals surface area contributed by atoms with Crippen molar-refractivity contribution in [2.75, 3.05) is 79.5 Å². The summed E-state index contributed by atoms with van der Waals surface area (Å²) in [6, 6.07) is 5.25. The molecule has 3 amide bonds. The van der Waals surface area contributed by atoms with Gasteiger partial charge in [-0.25, -0.2) is 4.79 Å². The van der Waals surface area contributed by atoms with E-state index in [1.807, 2.05) is 4.90 Å². The molecule has 5 N–H and O–H groups in total. The molecule has 0 saturated heterocycles. The van der Waals surface area contributed by atoms with Crippen LogP contribution in [0.4, 0.5) is 0 Å². The largest absolute Gasteiger partial charge is 0.481 e. The Morgan fingerprint density at radius 3 is 1.89 bits per heavy atom. The van der Waals surface area contributed by atoms with Gasteiger partial charge >= 0.3 is 11.9 Å². The fraction of sp³-hybridized carbons (Fsp3) is 0.600. The summed E-state index contributed by atoms with van der Waals surface area (Å²) in [6.07, 6.45) is -0.228. The summed E-state index contributed by atoms with van der Waals surface area (Å²) >= 11 is 0. The quantitative estimate of drug-likeness (QED) is 0.0753. The topological polar surface area (TPSA) is 219 Å². The summed E-state index contributed by atoms with van der Waals surface area (Å²) in [5.74, 6) is -3.52. The SMILES string of the molecule is CC(=O)COCCOCCNC(=O)COCCOCCNC(=O)CCC(NC(=O)c1ccc(CN(C)CCC(=O)O)cc1)C(=O)O. The minimum Gasteiger partial charge on any atom is -0.481 e. The number of nitrogens with zero attached hydrogens (tertiary/aromatic N) is 1. The van der Waals surface area contributed by atoms with Crippen LogP contribution in [-0.2, 0) is 49.5 Å². The summed E-state index contributed by atoms with van der Waals surface area (Å²) in [7, 11) is 1.78. The van der Waals surface area contributed by atoms with Crippen LogP contribution in [0.5, 0.6) is 0 Å². The number of hydrogen-bond acceptors (Lipinski definition) is 11. The fourth-order valence-electron chi connectivity index (χ4n) is 3.70. The molecule has 0 fully saturated rings. The highest BCUT2D eigenvalue weighted by molar-refractivity contribution is 5.96. The van der Waals surface area contributed by atoms with E-state index in [0.717, 1.165) is 5.56 Å². The number of ketones is 1. The van der Waals surface area contributed by atoms with Crippen LogP contribution in [0.1, 0.15) is 42.1 Å². The average molecular weight is 655 g/mol. The zero-order valence-corrected chi connectivity index (χ0v) is 26.4. The number of aliphatic carboxylic acids is 2. The van der Waals surface area contributed by atoms with Gasteiger partial charge in [0.05, 0.1) is 46.1 Å². The Balaban J connectivity index is 2.15. The Hall–Kier alpha value is -3.96. The fourth-order valence-corrected chi connectivity index (χ4v) is 3.70. The van der Waals surface area contributed by atoms with E-state index >= 15 is 0 Å². The number of benzene rings is 1. The third kappa shape index (κ3) is 20.9. The van der Waals surface area contributed by atoms with Gasteiger partial charge in [0, 0.05) is 38.2 Å². The van der Waals surface area contributed by atoms with Gasteiger partial charge < -0.3 is 50.0 Å². The molecule has 0 aliphatic rings. The third-order valence-electron chi connectivity index (χ3n) is 6.06. The van der Waals surface area contributed by atoms with Gasteiger partial charge in [0.15, 0.2) is 5.78 Å². The van der Waals surface area contributed by atoms with Crippen LogP contribution >= 0.6 is 0 Å². The Labute approximate surface area is 268 Å². The summed E-state index contributed by atoms with van der Waals surface area (Å²) in [5, 5.41) is 26.0. The van der Waals surface area contributed by atoms with Gasteiger partial charge in [0.2, 0.25) is 11.8 Å². The zero-order chi connectivity index (χ0) is 34.2. The number of amides is 3. The highest BCUT2D eigenvalue weighted by atomic mass is 16.5. The lowest BCUT2D eigenvalue weighted by Gasteiger charge is -2.16. The second kappa shape index (κ2) is 24.3. The van der Waals surface area contributed by atoms with E-state index in [1.165, 1.54) is 6.92 Å². The summed E-state index contributed by atoms with van der Waals surface area (Å²) in [6.45, 7) is 4.12. The van der Waals surface area contributed by atoms with Crippen molar-refractivity contribution in [3.8, 4) is 0 Å². The molecule has 16 nitrogen and oxygen atoms in total. The molecule has 0 radical (unpaired) electrons. The first kappa shape index (κ1) is 40.1. The predicted octanol–water partition coefficient (Wildman–Crippen LogP) is -0.556. The lowest BCUT2D eigenvalue weighted by molar-refractivity contribution is -0.140. The Kier molecular flexibility index (Phi) is 21.2. The predicted molar refractivity (Wildman–Crippen MR) is 163 cm³/mol. The number of rotatable bonds is 27. The summed E-state index contributed by atoms with van der Waals surface area (Å²) in [5.41, 5.74) is 1.12. The van der Waals surface area contributed by atoms with Crippen molar-refractivity contribution in [1.82, 2.24) is 20.9 Å². The van der Waals surface area contributed by atoms with Gasteiger partial charge in [-0.2, -0.15) is 0 Å². The smallest absolute Gasteiger partial charge is 0.326 e. The maximum atomic E-state index is 12.6. The number of ether oxygens (including phenoxy) is 4. The molecule has 0 aliphatic carbocycles. The Bertz CT molecular complexity index is 1100. The molecule has 0 saturated carbocycles. The lowest BCUT2D eigenvalue weighted by Crippen LogP contribution is -2.41. The van der Waals surface area contributed by atoms with E-state index in [1.54, 1.807) is 31.3 Å². The molecule has 0 aromatic heterocycles.